The van der Waals surface area contributed by atoms with E-state index in [-0.39, 0.29) is 16.2 Å². The second-order valence-corrected chi connectivity index (χ2v) is 20.1. The molecule has 3 nitrogen and oxygen atoms in total. The van der Waals surface area contributed by atoms with Crippen molar-refractivity contribution in [1.29, 1.82) is 0 Å². The van der Waals surface area contributed by atoms with Gasteiger partial charge in [-0.1, -0.05) is 168 Å². The summed E-state index contributed by atoms with van der Waals surface area (Å²) in [5.41, 5.74) is 25.7. The Balaban J connectivity index is 0.785. The summed E-state index contributed by atoms with van der Waals surface area (Å²) >= 11 is 0. The summed E-state index contributed by atoms with van der Waals surface area (Å²) in [6, 6.07) is 69.4. The summed E-state index contributed by atoms with van der Waals surface area (Å²) < 4.78 is 6.35. The molecule has 3 heteroatoms. The van der Waals surface area contributed by atoms with Crippen LogP contribution in [0.2, 0.25) is 0 Å². The van der Waals surface area contributed by atoms with Crippen LogP contribution in [-0.4, -0.2) is 0 Å². The van der Waals surface area contributed by atoms with Crippen molar-refractivity contribution in [2.45, 2.75) is 57.3 Å². The van der Waals surface area contributed by atoms with E-state index in [9.17, 15) is 0 Å². The van der Waals surface area contributed by atoms with Crippen molar-refractivity contribution >= 4 is 44.7 Å². The molecule has 0 fully saturated rings. The van der Waals surface area contributed by atoms with Crippen molar-refractivity contribution in [2.24, 2.45) is 0 Å². The number of anilines is 4. The molecule has 3 aliphatic rings. The van der Waals surface area contributed by atoms with Crippen LogP contribution in [0.1, 0.15) is 73.6 Å². The molecule has 1 unspecified atom stereocenters. The Hall–Kier alpha value is -7.62. The Morgan fingerprint density at radius 2 is 0.864 bits per heavy atom. The Morgan fingerprint density at radius 1 is 0.364 bits per heavy atom. The number of hydrogen-bond acceptors (Lipinski definition) is 3. The highest BCUT2D eigenvalue weighted by Gasteiger charge is 2.41. The summed E-state index contributed by atoms with van der Waals surface area (Å²) in [5, 5.41) is 9.86. The highest BCUT2D eigenvalue weighted by molar-refractivity contribution is 6.09. The highest BCUT2D eigenvalue weighted by Crippen LogP contribution is 2.54. The molecule has 0 amide bonds. The first-order valence-electron chi connectivity index (χ1n) is 23.4. The van der Waals surface area contributed by atoms with Crippen LogP contribution in [0.25, 0.3) is 66.4 Å². The van der Waals surface area contributed by atoms with Crippen LogP contribution >= 0.6 is 0 Å². The third-order valence-electron chi connectivity index (χ3n) is 15.5. The molecule has 9 aromatic carbocycles. The minimum Gasteiger partial charge on any atom is -0.455 e. The lowest BCUT2D eigenvalue weighted by Gasteiger charge is -2.29. The number of para-hydroxylation sites is 2. The van der Waals surface area contributed by atoms with Gasteiger partial charge in [0.05, 0.1) is 0 Å². The van der Waals surface area contributed by atoms with Crippen molar-refractivity contribution in [3.05, 3.63) is 227 Å². The van der Waals surface area contributed by atoms with Crippen molar-refractivity contribution in [3.63, 3.8) is 0 Å². The molecule has 10 aromatic rings. The monoisotopic (exact) mass is 850 g/mol. The predicted molar refractivity (Wildman–Crippen MR) is 276 cm³/mol. The summed E-state index contributed by atoms with van der Waals surface area (Å²) in [6.07, 6.45) is 0.898. The third kappa shape index (κ3) is 5.69. The number of hydrogen-bond donors (Lipinski definition) is 2. The molecule has 0 spiro atoms. The molecular formula is C63H50N2O. The summed E-state index contributed by atoms with van der Waals surface area (Å²) in [4.78, 5) is 0. The summed E-state index contributed by atoms with van der Waals surface area (Å²) in [7, 11) is 0. The molecule has 2 N–H and O–H groups in total. The van der Waals surface area contributed by atoms with E-state index < -0.39 is 0 Å². The van der Waals surface area contributed by atoms with Gasteiger partial charge in [-0.2, -0.15) is 0 Å². The SMILES string of the molecule is CC1(C)c2ccccc2-c2ccc(Nc3ccc4c(c3)C(C)(Cc3ccc5c(c3)-c3ccc(Nc6ccc(-c7cccc8c7oc7ccccc78)cc6)cc3C5(C)C)c3ccccc3-4)cc21. The van der Waals surface area contributed by atoms with Crippen LogP contribution in [0.15, 0.2) is 192 Å². The molecule has 3 aliphatic carbocycles. The zero-order chi connectivity index (χ0) is 44.5. The van der Waals surface area contributed by atoms with E-state index in [1.165, 1.54) is 72.3 Å². The highest BCUT2D eigenvalue weighted by atomic mass is 16.3. The van der Waals surface area contributed by atoms with E-state index in [1.807, 2.05) is 12.1 Å². The number of nitrogens with one attached hydrogen (secondary N) is 2. The van der Waals surface area contributed by atoms with Gasteiger partial charge in [-0.15, -0.1) is 0 Å². The minimum atomic E-state index is -0.210. The lowest BCUT2D eigenvalue weighted by molar-refractivity contribution is 0.583. The number of fused-ring (bicyclic) bond motifs is 12. The maximum Gasteiger partial charge on any atom is 0.143 e. The van der Waals surface area contributed by atoms with Crippen LogP contribution in [0, 0.1) is 0 Å². The lowest BCUT2D eigenvalue weighted by atomic mass is 9.74. The van der Waals surface area contributed by atoms with Gasteiger partial charge in [0.25, 0.3) is 0 Å². The third-order valence-corrected chi connectivity index (χ3v) is 15.5. The van der Waals surface area contributed by atoms with E-state index in [4.69, 9.17) is 4.42 Å². The van der Waals surface area contributed by atoms with Crippen LogP contribution in [-0.2, 0) is 22.7 Å². The molecule has 0 saturated heterocycles. The molecule has 318 valence electrons. The first-order valence-corrected chi connectivity index (χ1v) is 23.4. The molecule has 13 rings (SSSR count). The quantitative estimate of drug-likeness (QED) is 0.168. The molecule has 0 aliphatic heterocycles. The second kappa shape index (κ2) is 13.9. The van der Waals surface area contributed by atoms with E-state index in [2.05, 4.69) is 221 Å². The van der Waals surface area contributed by atoms with E-state index in [1.54, 1.807) is 0 Å². The molecular weight excluding hydrogens is 801 g/mol. The fourth-order valence-electron chi connectivity index (χ4n) is 12.1. The van der Waals surface area contributed by atoms with Gasteiger partial charge in [0, 0.05) is 55.3 Å². The van der Waals surface area contributed by atoms with Crippen molar-refractivity contribution in [3.8, 4) is 44.5 Å². The Labute approximate surface area is 386 Å². The van der Waals surface area contributed by atoms with E-state index in [0.717, 1.165) is 62.2 Å². The lowest BCUT2D eigenvalue weighted by Crippen LogP contribution is -2.24. The van der Waals surface area contributed by atoms with E-state index in [0.29, 0.717) is 0 Å². The van der Waals surface area contributed by atoms with Crippen molar-refractivity contribution in [2.75, 3.05) is 10.6 Å². The van der Waals surface area contributed by atoms with Gasteiger partial charge < -0.3 is 15.1 Å². The standard InChI is InChI=1S/C63H50N2O/c1-61(2)53-18-9-6-13-45(53)47-29-26-42(35-56(47)61)65-43-27-30-48-46-14-7-10-19-55(46)63(5,58(48)36-43)37-38-21-32-54-52(33-38)49-31-28-41(34-57(49)62(54,3)4)64-40-24-22-39(23-25-40)44-16-12-17-51-50-15-8-11-20-59(50)66-60(44)51/h6-36,64-65H,37H2,1-5H3. The van der Waals surface area contributed by atoms with Crippen molar-refractivity contribution in [1.82, 2.24) is 0 Å². The Kier molecular flexibility index (Phi) is 8.20. The molecule has 1 atom stereocenters. The fourth-order valence-corrected chi connectivity index (χ4v) is 12.1. The number of rotatable bonds is 7. The summed E-state index contributed by atoms with van der Waals surface area (Å²) in [6.45, 7) is 11.9. The number of benzene rings is 9. The van der Waals surface area contributed by atoms with Gasteiger partial charge in [0.1, 0.15) is 11.2 Å². The first kappa shape index (κ1) is 38.8. The van der Waals surface area contributed by atoms with Gasteiger partial charge in [-0.25, -0.2) is 0 Å². The Morgan fingerprint density at radius 3 is 1.58 bits per heavy atom. The van der Waals surface area contributed by atoms with Gasteiger partial charge in [-0.3, -0.25) is 0 Å². The van der Waals surface area contributed by atoms with E-state index >= 15 is 0 Å². The molecule has 1 aromatic heterocycles. The molecule has 1 heterocycles. The molecule has 0 radical (unpaired) electrons. The normalized spacial score (nSPS) is 16.6. The average molecular weight is 851 g/mol. The van der Waals surface area contributed by atoms with Gasteiger partial charge in [-0.05, 0) is 139 Å². The molecule has 0 bridgehead atoms. The predicted octanol–water partition coefficient (Wildman–Crippen LogP) is 16.9. The van der Waals surface area contributed by atoms with Crippen LogP contribution in [0.3, 0.4) is 0 Å². The number of furan rings is 1. The fraction of sp³-hybridized carbons (Fsp3) is 0.143. The minimum absolute atomic E-state index is 0.0469. The van der Waals surface area contributed by atoms with Crippen LogP contribution < -0.4 is 10.6 Å². The second-order valence-electron chi connectivity index (χ2n) is 20.1. The topological polar surface area (TPSA) is 37.2 Å². The van der Waals surface area contributed by atoms with Gasteiger partial charge >= 0.3 is 0 Å². The molecule has 66 heavy (non-hydrogen) atoms. The zero-order valence-corrected chi connectivity index (χ0v) is 38.0. The maximum absolute atomic E-state index is 6.35. The van der Waals surface area contributed by atoms with Crippen LogP contribution in [0.5, 0.6) is 0 Å². The van der Waals surface area contributed by atoms with Gasteiger partial charge in [0.15, 0.2) is 0 Å². The van der Waals surface area contributed by atoms with Crippen molar-refractivity contribution < 1.29 is 4.42 Å². The van der Waals surface area contributed by atoms with Crippen LogP contribution in [0.4, 0.5) is 22.7 Å². The zero-order valence-electron chi connectivity index (χ0n) is 38.0. The largest absolute Gasteiger partial charge is 0.455 e. The smallest absolute Gasteiger partial charge is 0.143 e. The summed E-state index contributed by atoms with van der Waals surface area (Å²) in [5.74, 6) is 0. The first-order chi connectivity index (χ1) is 32.0. The molecule has 0 saturated carbocycles. The average Bonchev–Trinajstić information content (AvgIpc) is 3.98. The van der Waals surface area contributed by atoms with Gasteiger partial charge in [0.2, 0.25) is 0 Å². The Bertz CT molecular complexity index is 3640. The maximum atomic E-state index is 6.35.